The molecule has 1 saturated heterocycles. The maximum Gasteiger partial charge on any atom is 0.165 e. The van der Waals surface area contributed by atoms with Gasteiger partial charge in [0, 0.05) is 37.8 Å². The van der Waals surface area contributed by atoms with E-state index < -0.39 is 5.82 Å². The van der Waals surface area contributed by atoms with Gasteiger partial charge in [0.05, 0.1) is 0 Å². The molecular formula is C14H23Cl2FN2O. The summed E-state index contributed by atoms with van der Waals surface area (Å²) >= 11 is 0. The Morgan fingerprint density at radius 3 is 2.45 bits per heavy atom. The first-order valence-corrected chi connectivity index (χ1v) is 6.58. The van der Waals surface area contributed by atoms with Crippen LogP contribution < -0.4 is 5.32 Å². The number of rotatable bonds is 3. The lowest BCUT2D eigenvalue weighted by atomic mass is 9.96. The Morgan fingerprint density at radius 2 is 1.90 bits per heavy atom. The molecule has 0 aliphatic carbocycles. The molecule has 2 rings (SSSR count). The molecule has 0 bridgehead atoms. The SMILES string of the molecule is CC[C@H](c1c(C)ccc(F)c1O)N1CCNCC1.Cl.Cl. The number of hydrogen-bond acceptors (Lipinski definition) is 3. The van der Waals surface area contributed by atoms with Crippen LogP contribution in [0.5, 0.6) is 5.75 Å². The second-order valence-corrected chi connectivity index (χ2v) is 4.84. The van der Waals surface area contributed by atoms with Crippen LogP contribution in [0.15, 0.2) is 12.1 Å². The van der Waals surface area contributed by atoms with Crippen LogP contribution in [0.1, 0.15) is 30.5 Å². The van der Waals surface area contributed by atoms with Crippen molar-refractivity contribution in [3.63, 3.8) is 0 Å². The Hall–Kier alpha value is -0.550. The van der Waals surface area contributed by atoms with E-state index in [4.69, 9.17) is 0 Å². The van der Waals surface area contributed by atoms with Crippen molar-refractivity contribution in [3.05, 3.63) is 29.1 Å². The lowest BCUT2D eigenvalue weighted by Gasteiger charge is -2.35. The molecule has 1 atom stereocenters. The second kappa shape index (κ2) is 8.67. The third kappa shape index (κ3) is 3.98. The minimum atomic E-state index is -0.524. The fourth-order valence-electron chi connectivity index (χ4n) is 2.74. The molecule has 116 valence electrons. The highest BCUT2D eigenvalue weighted by Crippen LogP contribution is 2.35. The molecule has 1 heterocycles. The summed E-state index contributed by atoms with van der Waals surface area (Å²) in [6, 6.07) is 3.18. The van der Waals surface area contributed by atoms with Crippen LogP contribution in [-0.2, 0) is 0 Å². The summed E-state index contributed by atoms with van der Waals surface area (Å²) in [6.07, 6.45) is 0.873. The first-order valence-electron chi connectivity index (χ1n) is 6.58. The zero-order valence-electron chi connectivity index (χ0n) is 11.9. The smallest absolute Gasteiger partial charge is 0.165 e. The van der Waals surface area contributed by atoms with Gasteiger partial charge < -0.3 is 10.4 Å². The predicted octanol–water partition coefficient (Wildman–Crippen LogP) is 3.04. The number of halogens is 3. The average Bonchev–Trinajstić information content (AvgIpc) is 2.40. The molecule has 3 nitrogen and oxygen atoms in total. The fourth-order valence-corrected chi connectivity index (χ4v) is 2.74. The zero-order chi connectivity index (χ0) is 13.1. The number of nitrogens with one attached hydrogen (secondary N) is 1. The van der Waals surface area contributed by atoms with Crippen molar-refractivity contribution in [1.29, 1.82) is 0 Å². The van der Waals surface area contributed by atoms with Gasteiger partial charge in [-0.25, -0.2) is 4.39 Å². The van der Waals surface area contributed by atoms with Crippen molar-refractivity contribution in [1.82, 2.24) is 10.2 Å². The summed E-state index contributed by atoms with van der Waals surface area (Å²) in [5.41, 5.74) is 1.71. The molecule has 1 aromatic rings. The number of phenolic OH excluding ortho intramolecular Hbond substituents is 1. The highest BCUT2D eigenvalue weighted by atomic mass is 35.5. The average molecular weight is 325 g/mol. The Kier molecular flexibility index (Phi) is 8.44. The standard InChI is InChI=1S/C14H21FN2O.2ClH/c1-3-12(17-8-6-16-7-9-17)13-10(2)4-5-11(15)14(13)18;;/h4-5,12,16,18H,3,6-9H2,1-2H3;2*1H/t12-;;/m1../s1. The molecule has 1 aromatic carbocycles. The minimum absolute atomic E-state index is 0. The van der Waals surface area contributed by atoms with Crippen molar-refractivity contribution in [2.75, 3.05) is 26.2 Å². The molecule has 6 heteroatoms. The fraction of sp³-hybridized carbons (Fsp3) is 0.571. The molecule has 0 radical (unpaired) electrons. The van der Waals surface area contributed by atoms with Crippen LogP contribution in [0.2, 0.25) is 0 Å². The van der Waals surface area contributed by atoms with Crippen molar-refractivity contribution < 1.29 is 9.50 Å². The summed E-state index contributed by atoms with van der Waals surface area (Å²) < 4.78 is 13.5. The van der Waals surface area contributed by atoms with Gasteiger partial charge in [0.15, 0.2) is 11.6 Å². The van der Waals surface area contributed by atoms with Gasteiger partial charge in [-0.3, -0.25) is 4.90 Å². The Balaban J connectivity index is 0.00000180. The number of aryl methyl sites for hydroxylation is 1. The monoisotopic (exact) mass is 324 g/mol. The van der Waals surface area contributed by atoms with Gasteiger partial charge in [0.1, 0.15) is 0 Å². The number of phenols is 1. The summed E-state index contributed by atoms with van der Waals surface area (Å²) in [4.78, 5) is 2.32. The molecule has 0 saturated carbocycles. The lowest BCUT2D eigenvalue weighted by molar-refractivity contribution is 0.165. The quantitative estimate of drug-likeness (QED) is 0.897. The van der Waals surface area contributed by atoms with E-state index in [1.165, 1.54) is 6.07 Å². The molecule has 2 N–H and O–H groups in total. The van der Waals surface area contributed by atoms with E-state index in [-0.39, 0.29) is 36.6 Å². The van der Waals surface area contributed by atoms with Gasteiger partial charge in [-0.15, -0.1) is 24.8 Å². The third-order valence-electron chi connectivity index (χ3n) is 3.70. The van der Waals surface area contributed by atoms with E-state index >= 15 is 0 Å². The van der Waals surface area contributed by atoms with Crippen molar-refractivity contribution in [2.45, 2.75) is 26.3 Å². The van der Waals surface area contributed by atoms with E-state index in [2.05, 4.69) is 17.1 Å². The minimum Gasteiger partial charge on any atom is -0.505 e. The van der Waals surface area contributed by atoms with Crippen LogP contribution in [0, 0.1) is 12.7 Å². The first kappa shape index (κ1) is 19.4. The van der Waals surface area contributed by atoms with Crippen LogP contribution in [0.4, 0.5) is 4.39 Å². The molecule has 20 heavy (non-hydrogen) atoms. The number of aromatic hydroxyl groups is 1. The second-order valence-electron chi connectivity index (χ2n) is 4.84. The van der Waals surface area contributed by atoms with Gasteiger partial charge in [-0.05, 0) is 25.0 Å². The van der Waals surface area contributed by atoms with Gasteiger partial charge in [0.2, 0.25) is 0 Å². The van der Waals surface area contributed by atoms with E-state index in [1.54, 1.807) is 6.07 Å². The molecule has 0 unspecified atom stereocenters. The predicted molar refractivity (Wildman–Crippen MR) is 84.8 cm³/mol. The van der Waals surface area contributed by atoms with Gasteiger partial charge in [0.25, 0.3) is 0 Å². The highest BCUT2D eigenvalue weighted by molar-refractivity contribution is 5.85. The molecule has 1 aliphatic rings. The molecular weight excluding hydrogens is 302 g/mol. The largest absolute Gasteiger partial charge is 0.505 e. The van der Waals surface area contributed by atoms with Crippen LogP contribution in [0.25, 0.3) is 0 Å². The van der Waals surface area contributed by atoms with E-state index in [1.807, 2.05) is 6.92 Å². The van der Waals surface area contributed by atoms with Crippen molar-refractivity contribution in [3.8, 4) is 5.75 Å². The Labute approximate surface area is 132 Å². The molecule has 0 spiro atoms. The summed E-state index contributed by atoms with van der Waals surface area (Å²) in [6.45, 7) is 7.79. The maximum atomic E-state index is 13.5. The normalized spacial score (nSPS) is 16.9. The van der Waals surface area contributed by atoms with Gasteiger partial charge in [-0.1, -0.05) is 13.0 Å². The zero-order valence-corrected chi connectivity index (χ0v) is 13.5. The number of benzene rings is 1. The van der Waals surface area contributed by atoms with Crippen LogP contribution >= 0.6 is 24.8 Å². The molecule has 0 amide bonds. The first-order chi connectivity index (χ1) is 8.65. The third-order valence-corrected chi connectivity index (χ3v) is 3.70. The molecule has 1 aliphatic heterocycles. The summed E-state index contributed by atoms with van der Waals surface area (Å²) in [5.74, 6) is -0.704. The lowest BCUT2D eigenvalue weighted by Crippen LogP contribution is -2.45. The van der Waals surface area contributed by atoms with Crippen LogP contribution in [-0.4, -0.2) is 36.2 Å². The number of nitrogens with zero attached hydrogens (tertiary/aromatic N) is 1. The van der Waals surface area contributed by atoms with E-state index in [0.29, 0.717) is 0 Å². The summed E-state index contributed by atoms with van der Waals surface area (Å²) in [7, 11) is 0. The topological polar surface area (TPSA) is 35.5 Å². The highest BCUT2D eigenvalue weighted by Gasteiger charge is 2.25. The van der Waals surface area contributed by atoms with Gasteiger partial charge >= 0.3 is 0 Å². The Bertz CT molecular complexity index is 426. The molecule has 1 fully saturated rings. The Morgan fingerprint density at radius 1 is 1.30 bits per heavy atom. The van der Waals surface area contributed by atoms with Crippen molar-refractivity contribution in [2.24, 2.45) is 0 Å². The number of hydrogen-bond donors (Lipinski definition) is 2. The van der Waals surface area contributed by atoms with Crippen LogP contribution in [0.3, 0.4) is 0 Å². The maximum absolute atomic E-state index is 13.5. The van der Waals surface area contributed by atoms with E-state index in [0.717, 1.165) is 43.7 Å². The van der Waals surface area contributed by atoms with E-state index in [9.17, 15) is 9.50 Å². The van der Waals surface area contributed by atoms with Gasteiger partial charge in [-0.2, -0.15) is 0 Å². The number of piperazine rings is 1. The van der Waals surface area contributed by atoms with Crippen molar-refractivity contribution >= 4 is 24.8 Å². The summed E-state index contributed by atoms with van der Waals surface area (Å²) in [5, 5.41) is 13.3. The molecule has 0 aromatic heterocycles.